The summed E-state index contributed by atoms with van der Waals surface area (Å²) in [7, 11) is 0. The maximum atomic E-state index is 11.9. The number of aromatic amines is 2. The molecule has 9 heteroatoms. The molecule has 0 aliphatic rings. The number of hydrogen-bond acceptors (Lipinski definition) is 5. The van der Waals surface area contributed by atoms with Gasteiger partial charge in [0, 0.05) is 23.0 Å². The van der Waals surface area contributed by atoms with Crippen LogP contribution >= 0.6 is 35.0 Å². The van der Waals surface area contributed by atoms with Gasteiger partial charge in [0.05, 0.1) is 10.0 Å². The van der Waals surface area contributed by atoms with E-state index in [0.29, 0.717) is 15.8 Å². The fourth-order valence-corrected chi connectivity index (χ4v) is 3.15. The number of H-pyrrole nitrogens is 2. The maximum Gasteiger partial charge on any atom is 0.361 e. The average molecular weight is 396 g/mol. The molecule has 0 unspecified atom stereocenters. The van der Waals surface area contributed by atoms with Gasteiger partial charge >= 0.3 is 5.97 Å². The van der Waals surface area contributed by atoms with Crippen LogP contribution in [0.1, 0.15) is 16.1 Å². The topological polar surface area (TPSA) is 87.8 Å². The third-order valence-corrected chi connectivity index (χ3v) is 4.95. The molecule has 1 aromatic carbocycles. The number of carbonyl (C=O) groups is 1. The molecule has 0 fully saturated rings. The Balaban J connectivity index is 1.71. The molecule has 0 atom stereocenters. The summed E-state index contributed by atoms with van der Waals surface area (Å²) in [6, 6.07) is 8.32. The number of ether oxygens (including phenoxy) is 1. The van der Waals surface area contributed by atoms with E-state index in [1.807, 2.05) is 6.07 Å². The molecule has 3 aromatic rings. The molecule has 0 bridgehead atoms. The third-order valence-electron chi connectivity index (χ3n) is 3.15. The maximum absolute atomic E-state index is 11.9. The number of nitrogens with one attached hydrogen (secondary N) is 2. The fourth-order valence-electron chi connectivity index (χ4n) is 1.92. The van der Waals surface area contributed by atoms with Crippen LogP contribution in [0.4, 0.5) is 0 Å². The van der Waals surface area contributed by atoms with Crippen LogP contribution in [0.3, 0.4) is 0 Å². The van der Waals surface area contributed by atoms with Gasteiger partial charge in [-0.15, -0.1) is 11.8 Å². The van der Waals surface area contributed by atoms with Crippen LogP contribution in [0.25, 0.3) is 0 Å². The largest absolute Gasteiger partial charge is 0.416 e. The third kappa shape index (κ3) is 4.45. The van der Waals surface area contributed by atoms with E-state index in [1.54, 1.807) is 18.3 Å². The second-order valence-corrected chi connectivity index (χ2v) is 6.79. The monoisotopic (exact) mass is 395 g/mol. The lowest BCUT2D eigenvalue weighted by atomic mass is 10.3. The second-order valence-electron chi connectivity index (χ2n) is 4.93. The van der Waals surface area contributed by atoms with Gasteiger partial charge in [-0.25, -0.2) is 4.79 Å². The normalized spacial score (nSPS) is 10.6. The molecular formula is C16H11Cl2N3O3S. The number of thioether (sulfide) groups is 1. The van der Waals surface area contributed by atoms with Crippen molar-refractivity contribution < 1.29 is 9.53 Å². The van der Waals surface area contributed by atoms with Gasteiger partial charge in [0.15, 0.2) is 5.75 Å². The van der Waals surface area contributed by atoms with Crippen LogP contribution in [0, 0.1) is 0 Å². The van der Waals surface area contributed by atoms with Gasteiger partial charge in [0.2, 0.25) is 0 Å². The zero-order valence-electron chi connectivity index (χ0n) is 12.6. The van der Waals surface area contributed by atoms with Gasteiger partial charge in [-0.2, -0.15) is 5.10 Å². The molecule has 3 rings (SSSR count). The van der Waals surface area contributed by atoms with Crippen LogP contribution in [0.2, 0.25) is 10.0 Å². The highest BCUT2D eigenvalue weighted by molar-refractivity contribution is 7.98. The number of aromatic nitrogens is 3. The zero-order chi connectivity index (χ0) is 17.8. The van der Waals surface area contributed by atoms with Gasteiger partial charge in [-0.1, -0.05) is 23.2 Å². The minimum Gasteiger partial charge on any atom is -0.416 e. The number of pyridine rings is 1. The summed E-state index contributed by atoms with van der Waals surface area (Å²) in [6.07, 6.45) is 2.99. The van der Waals surface area contributed by atoms with Crippen molar-refractivity contribution in [3.8, 4) is 5.75 Å². The second kappa shape index (κ2) is 7.77. The van der Waals surface area contributed by atoms with Crippen molar-refractivity contribution in [1.82, 2.24) is 15.2 Å². The van der Waals surface area contributed by atoms with Gasteiger partial charge in [-0.3, -0.25) is 9.89 Å². The van der Waals surface area contributed by atoms with Gasteiger partial charge in [0.25, 0.3) is 5.56 Å². The summed E-state index contributed by atoms with van der Waals surface area (Å²) in [5.41, 5.74) is 0.453. The quantitative estimate of drug-likeness (QED) is 0.504. The van der Waals surface area contributed by atoms with Crippen LogP contribution in [-0.2, 0) is 5.75 Å². The van der Waals surface area contributed by atoms with E-state index in [0.717, 1.165) is 10.5 Å². The molecule has 2 aromatic heterocycles. The van der Waals surface area contributed by atoms with E-state index in [1.165, 1.54) is 30.1 Å². The molecule has 128 valence electrons. The predicted molar refractivity (Wildman–Crippen MR) is 96.6 cm³/mol. The molecule has 6 nitrogen and oxygen atoms in total. The smallest absolute Gasteiger partial charge is 0.361 e. The Bertz CT molecular complexity index is 958. The first-order valence-electron chi connectivity index (χ1n) is 7.04. The Morgan fingerprint density at radius 2 is 2.04 bits per heavy atom. The number of hydrogen-bond donors (Lipinski definition) is 2. The van der Waals surface area contributed by atoms with E-state index in [9.17, 15) is 9.59 Å². The Labute approximate surface area is 156 Å². The summed E-state index contributed by atoms with van der Waals surface area (Å²) in [4.78, 5) is 27.2. The highest BCUT2D eigenvalue weighted by atomic mass is 35.5. The Hall–Kier alpha value is -2.22. The van der Waals surface area contributed by atoms with Crippen molar-refractivity contribution in [3.05, 3.63) is 74.4 Å². The summed E-state index contributed by atoms with van der Waals surface area (Å²) < 4.78 is 5.12. The molecule has 0 amide bonds. The lowest BCUT2D eigenvalue weighted by Gasteiger charge is -2.06. The fraction of sp³-hybridized carbons (Fsp3) is 0.0625. The number of rotatable bonds is 5. The first kappa shape index (κ1) is 17.6. The van der Waals surface area contributed by atoms with Crippen molar-refractivity contribution in [2.75, 3.05) is 0 Å². The molecule has 0 saturated heterocycles. The van der Waals surface area contributed by atoms with Crippen LogP contribution in [0.5, 0.6) is 5.75 Å². The summed E-state index contributed by atoms with van der Waals surface area (Å²) in [5, 5.41) is 7.11. The summed E-state index contributed by atoms with van der Waals surface area (Å²) >= 11 is 13.4. The van der Waals surface area contributed by atoms with Crippen molar-refractivity contribution >= 4 is 40.9 Å². The van der Waals surface area contributed by atoms with Crippen molar-refractivity contribution in [2.45, 2.75) is 10.6 Å². The number of benzene rings is 1. The average Bonchev–Trinajstić information content (AvgIpc) is 3.13. The summed E-state index contributed by atoms with van der Waals surface area (Å²) in [5.74, 6) is -0.215. The Morgan fingerprint density at radius 3 is 2.76 bits per heavy atom. The minimum atomic E-state index is -0.683. The summed E-state index contributed by atoms with van der Waals surface area (Å²) in [6.45, 7) is 0. The first-order chi connectivity index (χ1) is 12.0. The van der Waals surface area contributed by atoms with E-state index < -0.39 is 11.5 Å². The van der Waals surface area contributed by atoms with Crippen LogP contribution < -0.4 is 10.3 Å². The first-order valence-corrected chi connectivity index (χ1v) is 8.78. The standard InChI is InChI=1S/C16H11Cl2N3O3S/c17-11-2-1-10(6-12(11)18)25-8-9-5-14(15(22)19-7-9)24-16(23)13-3-4-20-21-13/h1-7H,8H2,(H,19,22)(H,20,21). The predicted octanol–water partition coefficient (Wildman–Crippen LogP) is 3.92. The number of carbonyl (C=O) groups excluding carboxylic acids is 1. The van der Waals surface area contributed by atoms with Gasteiger partial charge < -0.3 is 9.72 Å². The zero-order valence-corrected chi connectivity index (χ0v) is 14.9. The molecule has 25 heavy (non-hydrogen) atoms. The molecule has 0 saturated carbocycles. The van der Waals surface area contributed by atoms with Crippen LogP contribution in [-0.4, -0.2) is 21.2 Å². The van der Waals surface area contributed by atoms with Crippen molar-refractivity contribution in [2.24, 2.45) is 0 Å². The van der Waals surface area contributed by atoms with Crippen molar-refractivity contribution in [1.29, 1.82) is 0 Å². The number of nitrogens with zero attached hydrogens (tertiary/aromatic N) is 1. The Morgan fingerprint density at radius 1 is 1.20 bits per heavy atom. The van der Waals surface area contributed by atoms with Gasteiger partial charge in [0.1, 0.15) is 5.69 Å². The van der Waals surface area contributed by atoms with Crippen LogP contribution in [0.15, 0.2) is 52.4 Å². The van der Waals surface area contributed by atoms with E-state index >= 15 is 0 Å². The lowest BCUT2D eigenvalue weighted by molar-refractivity contribution is 0.0726. The molecule has 0 spiro atoms. The SMILES string of the molecule is O=C(Oc1cc(CSc2ccc(Cl)c(Cl)c2)c[nH]c1=O)c1ccn[nH]1. The number of halogens is 2. The molecule has 0 radical (unpaired) electrons. The number of esters is 1. The molecule has 0 aliphatic heterocycles. The van der Waals surface area contributed by atoms with E-state index in [4.69, 9.17) is 27.9 Å². The molecule has 2 heterocycles. The minimum absolute atomic E-state index is 0.0770. The van der Waals surface area contributed by atoms with Crippen molar-refractivity contribution in [3.63, 3.8) is 0 Å². The van der Waals surface area contributed by atoms with E-state index in [-0.39, 0.29) is 11.4 Å². The lowest BCUT2D eigenvalue weighted by Crippen LogP contribution is -2.17. The molecule has 2 N–H and O–H groups in total. The molecule has 0 aliphatic carbocycles. The highest BCUT2D eigenvalue weighted by Gasteiger charge is 2.13. The van der Waals surface area contributed by atoms with Gasteiger partial charge in [-0.05, 0) is 35.9 Å². The van der Waals surface area contributed by atoms with E-state index in [2.05, 4.69) is 15.2 Å². The highest BCUT2D eigenvalue weighted by Crippen LogP contribution is 2.29. The molecular weight excluding hydrogens is 385 g/mol. The Kier molecular flexibility index (Phi) is 5.47.